The lowest BCUT2D eigenvalue weighted by atomic mass is 10.3. The molecular weight excluding hydrogens is 246 g/mol. The zero-order valence-corrected chi connectivity index (χ0v) is 10.6. The van der Waals surface area contributed by atoms with E-state index in [-0.39, 0.29) is 24.9 Å². The molecule has 1 aromatic carbocycles. The highest BCUT2D eigenvalue weighted by atomic mass is 16.5. The maximum Gasteiger partial charge on any atom is 0.301 e. The number of aryl methyl sites for hydroxylation is 1. The molecule has 0 fully saturated rings. The number of carbonyl (C=O) groups is 1. The highest BCUT2D eigenvalue weighted by Gasteiger charge is 2.06. The normalized spacial score (nSPS) is 10.2. The number of hydrogen-bond donors (Lipinski definition) is 2. The van der Waals surface area contributed by atoms with E-state index in [2.05, 4.69) is 10.3 Å². The number of amides is 1. The maximum absolute atomic E-state index is 11.6. The van der Waals surface area contributed by atoms with Gasteiger partial charge in [-0.05, 0) is 19.1 Å². The van der Waals surface area contributed by atoms with E-state index in [4.69, 9.17) is 14.9 Å². The van der Waals surface area contributed by atoms with Crippen LogP contribution in [0.25, 0.3) is 0 Å². The van der Waals surface area contributed by atoms with Crippen LogP contribution in [0.3, 0.4) is 0 Å². The zero-order chi connectivity index (χ0) is 13.7. The third-order valence-electron chi connectivity index (χ3n) is 2.32. The molecule has 0 spiro atoms. The van der Waals surface area contributed by atoms with E-state index in [1.807, 2.05) is 0 Å². The van der Waals surface area contributed by atoms with Gasteiger partial charge in [-0.1, -0.05) is 6.07 Å². The van der Waals surface area contributed by atoms with Crippen LogP contribution in [0.1, 0.15) is 12.1 Å². The summed E-state index contributed by atoms with van der Waals surface area (Å²) < 4.78 is 10.4. The standard InChI is InChI=1S/C13H15N3O3/c1-9-8-19-13(15-9)16-12(17)5-6-18-11-4-2-3-10(14)7-11/h2-4,7-8H,5-6,14H2,1H3,(H,15,16,17). The van der Waals surface area contributed by atoms with Crippen molar-refractivity contribution in [1.29, 1.82) is 0 Å². The molecule has 0 aliphatic heterocycles. The van der Waals surface area contributed by atoms with Crippen LogP contribution >= 0.6 is 0 Å². The van der Waals surface area contributed by atoms with Crippen LogP contribution in [0, 0.1) is 6.92 Å². The quantitative estimate of drug-likeness (QED) is 0.803. The average Bonchev–Trinajstić information content (AvgIpc) is 2.75. The van der Waals surface area contributed by atoms with Crippen LogP contribution in [-0.4, -0.2) is 17.5 Å². The number of hydrogen-bond acceptors (Lipinski definition) is 5. The summed E-state index contributed by atoms with van der Waals surface area (Å²) in [7, 11) is 0. The van der Waals surface area contributed by atoms with Crippen molar-refractivity contribution in [3.8, 4) is 5.75 Å². The van der Waals surface area contributed by atoms with E-state index in [1.54, 1.807) is 31.2 Å². The molecule has 0 aliphatic rings. The van der Waals surface area contributed by atoms with Crippen molar-refractivity contribution in [2.24, 2.45) is 0 Å². The number of nitrogens with two attached hydrogens (primary N) is 1. The molecule has 100 valence electrons. The minimum absolute atomic E-state index is 0.200. The lowest BCUT2D eigenvalue weighted by Gasteiger charge is -2.06. The van der Waals surface area contributed by atoms with Gasteiger partial charge in [-0.25, -0.2) is 0 Å². The summed E-state index contributed by atoms with van der Waals surface area (Å²) in [5.41, 5.74) is 6.95. The number of ether oxygens (including phenoxy) is 1. The number of nitrogen functional groups attached to an aromatic ring is 1. The molecule has 1 heterocycles. The van der Waals surface area contributed by atoms with Gasteiger partial charge in [0.1, 0.15) is 12.0 Å². The molecule has 6 heteroatoms. The van der Waals surface area contributed by atoms with Crippen molar-refractivity contribution in [3.05, 3.63) is 36.2 Å². The summed E-state index contributed by atoms with van der Waals surface area (Å²) in [5, 5.41) is 2.54. The molecule has 19 heavy (non-hydrogen) atoms. The molecule has 2 aromatic rings. The lowest BCUT2D eigenvalue weighted by molar-refractivity contribution is -0.116. The average molecular weight is 261 g/mol. The SMILES string of the molecule is Cc1coc(NC(=O)CCOc2cccc(N)c2)n1. The Morgan fingerprint density at radius 1 is 1.53 bits per heavy atom. The first-order valence-corrected chi connectivity index (χ1v) is 5.84. The van der Waals surface area contributed by atoms with Crippen LogP contribution in [-0.2, 0) is 4.79 Å². The molecule has 1 amide bonds. The highest BCUT2D eigenvalue weighted by Crippen LogP contribution is 2.14. The topological polar surface area (TPSA) is 90.4 Å². The first-order chi connectivity index (χ1) is 9.13. The molecule has 2 rings (SSSR count). The third-order valence-corrected chi connectivity index (χ3v) is 2.32. The minimum atomic E-state index is -0.217. The molecule has 6 nitrogen and oxygen atoms in total. The van der Waals surface area contributed by atoms with Crippen LogP contribution in [0.5, 0.6) is 5.75 Å². The van der Waals surface area contributed by atoms with Crippen molar-refractivity contribution in [3.63, 3.8) is 0 Å². The number of rotatable bonds is 5. The maximum atomic E-state index is 11.6. The molecule has 0 aliphatic carbocycles. The van der Waals surface area contributed by atoms with Gasteiger partial charge in [0.15, 0.2) is 0 Å². The van der Waals surface area contributed by atoms with Crippen molar-refractivity contribution in [2.75, 3.05) is 17.7 Å². The second-order valence-electron chi connectivity index (χ2n) is 4.01. The van der Waals surface area contributed by atoms with Crippen LogP contribution in [0.4, 0.5) is 11.7 Å². The van der Waals surface area contributed by atoms with E-state index in [1.165, 1.54) is 6.26 Å². The Balaban J connectivity index is 1.75. The van der Waals surface area contributed by atoms with Crippen LogP contribution in [0.15, 0.2) is 34.9 Å². The lowest BCUT2D eigenvalue weighted by Crippen LogP contribution is -2.15. The largest absolute Gasteiger partial charge is 0.493 e. The Hall–Kier alpha value is -2.50. The summed E-state index contributed by atoms with van der Waals surface area (Å²) in [6.45, 7) is 2.04. The number of aromatic nitrogens is 1. The third kappa shape index (κ3) is 4.02. The molecule has 0 radical (unpaired) electrons. The van der Waals surface area contributed by atoms with Gasteiger partial charge < -0.3 is 14.9 Å². The summed E-state index contributed by atoms with van der Waals surface area (Å²) in [6, 6.07) is 7.25. The number of oxazole rings is 1. The van der Waals surface area contributed by atoms with E-state index in [0.29, 0.717) is 17.1 Å². The summed E-state index contributed by atoms with van der Waals surface area (Å²) in [4.78, 5) is 15.5. The van der Waals surface area contributed by atoms with Gasteiger partial charge >= 0.3 is 6.01 Å². The zero-order valence-electron chi connectivity index (χ0n) is 10.6. The second-order valence-corrected chi connectivity index (χ2v) is 4.01. The fraction of sp³-hybridized carbons (Fsp3) is 0.231. The van der Waals surface area contributed by atoms with Crippen LogP contribution in [0.2, 0.25) is 0 Å². The molecule has 0 saturated carbocycles. The first-order valence-electron chi connectivity index (χ1n) is 5.84. The molecule has 1 aromatic heterocycles. The summed E-state index contributed by atoms with van der Waals surface area (Å²) in [6.07, 6.45) is 1.68. The van der Waals surface area contributed by atoms with Gasteiger partial charge in [0.2, 0.25) is 5.91 Å². The predicted octanol–water partition coefficient (Wildman–Crippen LogP) is 1.97. The van der Waals surface area contributed by atoms with Crippen molar-refractivity contribution in [1.82, 2.24) is 4.98 Å². The Morgan fingerprint density at radius 2 is 2.37 bits per heavy atom. The number of carbonyl (C=O) groups excluding carboxylic acids is 1. The van der Waals surface area contributed by atoms with Crippen molar-refractivity contribution >= 4 is 17.6 Å². The fourth-order valence-electron chi connectivity index (χ4n) is 1.46. The summed E-state index contributed by atoms with van der Waals surface area (Å²) in [5.74, 6) is 0.422. The molecular formula is C13H15N3O3. The van der Waals surface area contributed by atoms with Gasteiger partial charge in [-0.15, -0.1) is 0 Å². The van der Waals surface area contributed by atoms with E-state index >= 15 is 0 Å². The summed E-state index contributed by atoms with van der Waals surface area (Å²) >= 11 is 0. The van der Waals surface area contributed by atoms with E-state index < -0.39 is 0 Å². The fourth-order valence-corrected chi connectivity index (χ4v) is 1.46. The first kappa shape index (κ1) is 12.9. The molecule has 0 unspecified atom stereocenters. The number of nitrogens with one attached hydrogen (secondary N) is 1. The van der Waals surface area contributed by atoms with Crippen molar-refractivity contribution in [2.45, 2.75) is 13.3 Å². The molecule has 0 bridgehead atoms. The van der Waals surface area contributed by atoms with Crippen LogP contribution < -0.4 is 15.8 Å². The Labute approximate surface area is 110 Å². The van der Waals surface area contributed by atoms with Gasteiger partial charge in [-0.2, -0.15) is 4.98 Å². The van der Waals surface area contributed by atoms with Gasteiger partial charge in [0, 0.05) is 11.8 Å². The Morgan fingerprint density at radius 3 is 3.05 bits per heavy atom. The molecule has 0 saturated heterocycles. The second kappa shape index (κ2) is 5.90. The van der Waals surface area contributed by atoms with E-state index in [9.17, 15) is 4.79 Å². The Kier molecular flexibility index (Phi) is 4.02. The van der Waals surface area contributed by atoms with Crippen molar-refractivity contribution < 1.29 is 13.9 Å². The smallest absolute Gasteiger partial charge is 0.301 e. The monoisotopic (exact) mass is 261 g/mol. The minimum Gasteiger partial charge on any atom is -0.493 e. The molecule has 3 N–H and O–H groups in total. The number of benzene rings is 1. The Bertz CT molecular complexity index is 566. The predicted molar refractivity (Wildman–Crippen MR) is 70.8 cm³/mol. The van der Waals surface area contributed by atoms with Gasteiger partial charge in [0.05, 0.1) is 18.7 Å². The van der Waals surface area contributed by atoms with E-state index in [0.717, 1.165) is 0 Å². The van der Waals surface area contributed by atoms with Gasteiger partial charge in [-0.3, -0.25) is 10.1 Å². The van der Waals surface area contributed by atoms with Gasteiger partial charge in [0.25, 0.3) is 0 Å². The number of anilines is 2. The number of nitrogens with zero attached hydrogens (tertiary/aromatic N) is 1. The molecule has 0 atom stereocenters. The highest BCUT2D eigenvalue weighted by molar-refractivity contribution is 5.88.